The van der Waals surface area contributed by atoms with Crippen molar-refractivity contribution in [1.29, 1.82) is 0 Å². The third-order valence-corrected chi connectivity index (χ3v) is 3.95. The van der Waals surface area contributed by atoms with E-state index in [2.05, 4.69) is 34.3 Å². The molecule has 0 aliphatic rings. The molecule has 0 fully saturated rings. The van der Waals surface area contributed by atoms with Crippen molar-refractivity contribution >= 4 is 12.2 Å². The number of nitrogens with zero attached hydrogens (tertiary/aromatic N) is 2. The van der Waals surface area contributed by atoms with Crippen LogP contribution in [0.5, 0.6) is 11.5 Å². The molecule has 3 aromatic rings. The highest BCUT2D eigenvalue weighted by Crippen LogP contribution is 2.20. The first-order valence-electron chi connectivity index (χ1n) is 9.31. The van der Waals surface area contributed by atoms with E-state index in [1.165, 1.54) is 6.07 Å². The van der Waals surface area contributed by atoms with Crippen molar-refractivity contribution in [2.24, 2.45) is 11.0 Å². The maximum Gasteiger partial charge on any atom is 0.252 e. The molecule has 0 saturated carbocycles. The SMILES string of the molecule is COc1ccc(-c2cc(=O)[nH]c(N/N=C\c3cccc(OCC(C)C)c3)n2)cc1. The molecule has 0 spiro atoms. The monoisotopic (exact) mass is 392 g/mol. The van der Waals surface area contributed by atoms with Crippen LogP contribution >= 0.6 is 0 Å². The van der Waals surface area contributed by atoms with Gasteiger partial charge < -0.3 is 9.47 Å². The van der Waals surface area contributed by atoms with Crippen molar-refractivity contribution in [3.63, 3.8) is 0 Å². The molecular weight excluding hydrogens is 368 g/mol. The molecule has 0 radical (unpaired) electrons. The molecule has 2 aromatic carbocycles. The lowest BCUT2D eigenvalue weighted by Crippen LogP contribution is -2.10. The van der Waals surface area contributed by atoms with Crippen LogP contribution in [0, 0.1) is 5.92 Å². The van der Waals surface area contributed by atoms with Crippen LogP contribution in [0.3, 0.4) is 0 Å². The van der Waals surface area contributed by atoms with E-state index < -0.39 is 0 Å². The normalized spacial score (nSPS) is 11.0. The lowest BCUT2D eigenvalue weighted by atomic mass is 10.1. The van der Waals surface area contributed by atoms with Crippen molar-refractivity contribution in [1.82, 2.24) is 9.97 Å². The van der Waals surface area contributed by atoms with Crippen LogP contribution in [0.4, 0.5) is 5.95 Å². The van der Waals surface area contributed by atoms with Gasteiger partial charge in [-0.2, -0.15) is 5.10 Å². The fraction of sp³-hybridized carbons (Fsp3) is 0.227. The average molecular weight is 392 g/mol. The molecular formula is C22H24N4O3. The van der Waals surface area contributed by atoms with Gasteiger partial charge in [-0.05, 0) is 47.9 Å². The van der Waals surface area contributed by atoms with Gasteiger partial charge in [-0.1, -0.05) is 26.0 Å². The van der Waals surface area contributed by atoms with Crippen LogP contribution < -0.4 is 20.5 Å². The molecule has 2 N–H and O–H groups in total. The predicted octanol–water partition coefficient (Wildman–Crippen LogP) is 3.93. The second-order valence-corrected chi connectivity index (χ2v) is 6.86. The largest absolute Gasteiger partial charge is 0.497 e. The minimum atomic E-state index is -0.271. The number of hydrogen-bond acceptors (Lipinski definition) is 6. The van der Waals surface area contributed by atoms with Gasteiger partial charge in [0.1, 0.15) is 11.5 Å². The first-order valence-corrected chi connectivity index (χ1v) is 9.31. The zero-order chi connectivity index (χ0) is 20.6. The predicted molar refractivity (Wildman–Crippen MR) is 115 cm³/mol. The van der Waals surface area contributed by atoms with E-state index in [-0.39, 0.29) is 11.5 Å². The van der Waals surface area contributed by atoms with Crippen molar-refractivity contribution in [2.45, 2.75) is 13.8 Å². The third kappa shape index (κ3) is 5.93. The first-order chi connectivity index (χ1) is 14.0. The van der Waals surface area contributed by atoms with E-state index in [1.807, 2.05) is 48.5 Å². The van der Waals surface area contributed by atoms with Gasteiger partial charge in [-0.25, -0.2) is 10.4 Å². The lowest BCUT2D eigenvalue weighted by Gasteiger charge is -2.08. The van der Waals surface area contributed by atoms with Gasteiger partial charge in [0, 0.05) is 11.6 Å². The van der Waals surface area contributed by atoms with Gasteiger partial charge >= 0.3 is 0 Å². The second-order valence-electron chi connectivity index (χ2n) is 6.86. The van der Waals surface area contributed by atoms with Gasteiger partial charge in [-0.15, -0.1) is 0 Å². The van der Waals surface area contributed by atoms with E-state index in [0.29, 0.717) is 18.2 Å². The minimum Gasteiger partial charge on any atom is -0.497 e. The number of rotatable bonds is 8. The molecule has 3 rings (SSSR count). The van der Waals surface area contributed by atoms with Crippen LogP contribution in [-0.4, -0.2) is 29.9 Å². The molecule has 0 aliphatic carbocycles. The summed E-state index contributed by atoms with van der Waals surface area (Å²) < 4.78 is 10.9. The number of hydrazone groups is 1. The molecule has 1 aromatic heterocycles. The van der Waals surface area contributed by atoms with Crippen LogP contribution in [-0.2, 0) is 0 Å². The fourth-order valence-corrected chi connectivity index (χ4v) is 2.54. The number of aromatic nitrogens is 2. The van der Waals surface area contributed by atoms with Crippen LogP contribution in [0.15, 0.2) is 64.5 Å². The number of nitrogens with one attached hydrogen (secondary N) is 2. The van der Waals surface area contributed by atoms with E-state index in [0.717, 1.165) is 22.6 Å². The molecule has 29 heavy (non-hydrogen) atoms. The third-order valence-electron chi connectivity index (χ3n) is 3.95. The quantitative estimate of drug-likeness (QED) is 0.448. The maximum atomic E-state index is 12.0. The smallest absolute Gasteiger partial charge is 0.252 e. The summed E-state index contributed by atoms with van der Waals surface area (Å²) in [7, 11) is 1.60. The van der Waals surface area contributed by atoms with E-state index in [4.69, 9.17) is 9.47 Å². The molecule has 150 valence electrons. The maximum absolute atomic E-state index is 12.0. The Kier molecular flexibility index (Phi) is 6.63. The Morgan fingerprint density at radius 2 is 1.93 bits per heavy atom. The summed E-state index contributed by atoms with van der Waals surface area (Å²) in [6.45, 7) is 4.86. The summed E-state index contributed by atoms with van der Waals surface area (Å²) in [5, 5.41) is 4.17. The van der Waals surface area contributed by atoms with Gasteiger partial charge in [-0.3, -0.25) is 9.78 Å². The van der Waals surface area contributed by atoms with Crippen LogP contribution in [0.25, 0.3) is 11.3 Å². The molecule has 0 amide bonds. The van der Waals surface area contributed by atoms with E-state index in [1.54, 1.807) is 13.3 Å². The van der Waals surface area contributed by atoms with Crippen molar-refractivity contribution in [3.05, 3.63) is 70.5 Å². The number of methoxy groups -OCH3 is 1. The van der Waals surface area contributed by atoms with Gasteiger partial charge in [0.2, 0.25) is 5.95 Å². The number of aromatic amines is 1. The molecule has 0 atom stereocenters. The molecule has 1 heterocycles. The summed E-state index contributed by atoms with van der Waals surface area (Å²) >= 11 is 0. The average Bonchev–Trinajstić information content (AvgIpc) is 2.72. The Morgan fingerprint density at radius 3 is 2.66 bits per heavy atom. The summed E-state index contributed by atoms with van der Waals surface area (Å²) in [5.74, 6) is 2.23. The highest BCUT2D eigenvalue weighted by molar-refractivity contribution is 5.80. The number of hydrogen-bond donors (Lipinski definition) is 2. The van der Waals surface area contributed by atoms with E-state index >= 15 is 0 Å². The summed E-state index contributed by atoms with van der Waals surface area (Å²) in [5.41, 5.74) is 4.72. The van der Waals surface area contributed by atoms with Crippen molar-refractivity contribution in [2.75, 3.05) is 19.1 Å². The highest BCUT2D eigenvalue weighted by Gasteiger charge is 2.04. The summed E-state index contributed by atoms with van der Waals surface area (Å²) in [6, 6.07) is 16.4. The zero-order valence-electron chi connectivity index (χ0n) is 16.7. The topological polar surface area (TPSA) is 88.6 Å². The number of ether oxygens (including phenoxy) is 2. The van der Waals surface area contributed by atoms with Crippen molar-refractivity contribution in [3.8, 4) is 22.8 Å². The fourth-order valence-electron chi connectivity index (χ4n) is 2.54. The Morgan fingerprint density at radius 1 is 1.14 bits per heavy atom. The van der Waals surface area contributed by atoms with Gasteiger partial charge in [0.05, 0.1) is 25.6 Å². The first kappa shape index (κ1) is 20.1. The number of H-pyrrole nitrogens is 1. The second kappa shape index (κ2) is 9.54. The molecule has 0 bridgehead atoms. The lowest BCUT2D eigenvalue weighted by molar-refractivity contribution is 0.271. The number of anilines is 1. The standard InChI is InChI=1S/C22H24N4O3/c1-15(2)14-29-19-6-4-5-16(11-19)13-23-26-22-24-20(12-21(27)25-22)17-7-9-18(28-3)10-8-17/h4-13,15H,14H2,1-3H3,(H2,24,25,26,27)/b23-13-. The Bertz CT molecular complexity index is 1030. The zero-order valence-corrected chi connectivity index (χ0v) is 16.7. The minimum absolute atomic E-state index is 0.256. The Hall–Kier alpha value is -3.61. The molecule has 0 saturated heterocycles. The van der Waals surface area contributed by atoms with Crippen LogP contribution in [0.2, 0.25) is 0 Å². The molecule has 7 heteroatoms. The van der Waals surface area contributed by atoms with E-state index in [9.17, 15) is 4.79 Å². The molecule has 0 aliphatic heterocycles. The Balaban J connectivity index is 1.71. The molecule has 7 nitrogen and oxygen atoms in total. The number of benzene rings is 2. The summed E-state index contributed by atoms with van der Waals surface area (Å²) in [4.78, 5) is 19.0. The van der Waals surface area contributed by atoms with Gasteiger partial charge in [0.25, 0.3) is 5.56 Å². The Labute approximate surface area is 169 Å². The molecule has 0 unspecified atom stereocenters. The highest BCUT2D eigenvalue weighted by atomic mass is 16.5. The van der Waals surface area contributed by atoms with Crippen LogP contribution in [0.1, 0.15) is 19.4 Å². The van der Waals surface area contributed by atoms with Gasteiger partial charge in [0.15, 0.2) is 0 Å². The van der Waals surface area contributed by atoms with Crippen molar-refractivity contribution < 1.29 is 9.47 Å². The summed E-state index contributed by atoms with van der Waals surface area (Å²) in [6.07, 6.45) is 1.64.